The fraction of sp³-hybridized carbons (Fsp3) is 0.600. The highest BCUT2D eigenvalue weighted by atomic mass is 32.1. The summed E-state index contributed by atoms with van der Waals surface area (Å²) < 4.78 is 0. The molecule has 23 heavy (non-hydrogen) atoms. The Labute approximate surface area is 139 Å². The van der Waals surface area contributed by atoms with Crippen LogP contribution in [0.1, 0.15) is 36.9 Å². The normalized spacial score (nSPS) is 18.2. The molecule has 1 aliphatic heterocycles. The second kappa shape index (κ2) is 7.08. The zero-order chi connectivity index (χ0) is 17.1. The van der Waals surface area contributed by atoms with Crippen LogP contribution in [0.5, 0.6) is 0 Å². The number of likely N-dealkylation sites (N-methyl/N-ethyl adjacent to an activating group) is 2. The third-order valence-corrected chi connectivity index (χ3v) is 5.01. The molecule has 0 radical (unpaired) electrons. The molecule has 1 aromatic rings. The van der Waals surface area contributed by atoms with Gasteiger partial charge in [-0.25, -0.2) is 9.78 Å². The summed E-state index contributed by atoms with van der Waals surface area (Å²) in [5, 5.41) is 5.88. The van der Waals surface area contributed by atoms with Crippen LogP contribution in [-0.4, -0.2) is 59.3 Å². The highest BCUT2D eigenvalue weighted by molar-refractivity contribution is 7.09. The van der Waals surface area contributed by atoms with Gasteiger partial charge in [0.15, 0.2) is 0 Å². The van der Waals surface area contributed by atoms with Gasteiger partial charge in [-0.05, 0) is 0 Å². The zero-order valence-electron chi connectivity index (χ0n) is 13.8. The number of thiazole rings is 1. The Morgan fingerprint density at radius 2 is 2.09 bits per heavy atom. The van der Waals surface area contributed by atoms with Crippen molar-refractivity contribution < 1.29 is 14.4 Å². The average Bonchev–Trinajstić information content (AvgIpc) is 3.04. The quantitative estimate of drug-likeness (QED) is 0.790. The van der Waals surface area contributed by atoms with Gasteiger partial charge < -0.3 is 10.2 Å². The van der Waals surface area contributed by atoms with Crippen molar-refractivity contribution in [3.63, 3.8) is 0 Å². The van der Waals surface area contributed by atoms with E-state index < -0.39 is 6.04 Å². The van der Waals surface area contributed by atoms with Crippen molar-refractivity contribution in [2.45, 2.75) is 38.6 Å². The molecule has 1 unspecified atom stereocenters. The highest BCUT2D eigenvalue weighted by Gasteiger charge is 2.41. The summed E-state index contributed by atoms with van der Waals surface area (Å²) >= 11 is 1.63. The van der Waals surface area contributed by atoms with Gasteiger partial charge in [0, 0.05) is 38.4 Å². The Bertz CT molecular complexity index is 614. The minimum Gasteiger partial charge on any atom is -0.356 e. The fourth-order valence-electron chi connectivity index (χ4n) is 2.36. The van der Waals surface area contributed by atoms with Crippen LogP contribution in [-0.2, 0) is 16.0 Å². The molecule has 8 heteroatoms. The van der Waals surface area contributed by atoms with E-state index in [2.05, 4.69) is 24.1 Å². The molecule has 1 aliphatic rings. The number of carbonyl (C=O) groups is 3. The van der Waals surface area contributed by atoms with E-state index in [0.717, 1.165) is 15.6 Å². The molecule has 1 aromatic heterocycles. The van der Waals surface area contributed by atoms with Gasteiger partial charge >= 0.3 is 6.03 Å². The summed E-state index contributed by atoms with van der Waals surface area (Å²) in [5.74, 6) is -0.173. The predicted octanol–water partition coefficient (Wildman–Crippen LogP) is 1.21. The Hall–Kier alpha value is -1.96. The number of carbonyl (C=O) groups excluding carboxylic acids is 3. The van der Waals surface area contributed by atoms with E-state index in [-0.39, 0.29) is 24.3 Å². The average molecular weight is 338 g/mol. The number of nitrogens with one attached hydrogen (secondary N) is 1. The van der Waals surface area contributed by atoms with E-state index in [9.17, 15) is 14.4 Å². The smallest absolute Gasteiger partial charge is 0.326 e. The van der Waals surface area contributed by atoms with Crippen molar-refractivity contribution in [3.05, 3.63) is 16.1 Å². The molecule has 4 amide bonds. The number of rotatable bonds is 6. The highest BCUT2D eigenvalue weighted by Crippen LogP contribution is 2.19. The summed E-state index contributed by atoms with van der Waals surface area (Å²) in [6.07, 6.45) is 0.641. The molecule has 2 heterocycles. The van der Waals surface area contributed by atoms with Crippen molar-refractivity contribution in [2.24, 2.45) is 0 Å². The van der Waals surface area contributed by atoms with Crippen LogP contribution in [0.15, 0.2) is 5.38 Å². The third kappa shape index (κ3) is 3.87. The van der Waals surface area contributed by atoms with Crippen molar-refractivity contribution in [3.8, 4) is 0 Å². The molecule has 1 fully saturated rings. The van der Waals surface area contributed by atoms with E-state index in [1.54, 1.807) is 11.3 Å². The monoisotopic (exact) mass is 338 g/mol. The summed E-state index contributed by atoms with van der Waals surface area (Å²) in [7, 11) is 2.96. The molecule has 0 saturated carbocycles. The third-order valence-electron chi connectivity index (χ3n) is 3.82. The fourth-order valence-corrected chi connectivity index (χ4v) is 3.23. The van der Waals surface area contributed by atoms with Gasteiger partial charge in [0.1, 0.15) is 6.04 Å². The van der Waals surface area contributed by atoms with Crippen LogP contribution in [0.4, 0.5) is 4.79 Å². The number of aromatic nitrogens is 1. The number of hydrogen-bond donors (Lipinski definition) is 1. The number of amides is 4. The van der Waals surface area contributed by atoms with E-state index in [1.807, 2.05) is 5.38 Å². The van der Waals surface area contributed by atoms with Gasteiger partial charge in [-0.3, -0.25) is 14.5 Å². The van der Waals surface area contributed by atoms with E-state index in [4.69, 9.17) is 0 Å². The van der Waals surface area contributed by atoms with Gasteiger partial charge in [0.25, 0.3) is 5.91 Å². The SMILES string of the molecule is CC(C)c1nc(CCNC(=O)CC2C(=O)N(C)C(=O)N2C)cs1. The molecule has 7 nitrogen and oxygen atoms in total. The standard InChI is InChI=1S/C15H22N4O3S/c1-9(2)13-17-10(8-23-13)5-6-16-12(20)7-11-14(21)19(4)15(22)18(11)3/h8-9,11H,5-7H2,1-4H3,(H,16,20). The number of nitrogens with zero attached hydrogens (tertiary/aromatic N) is 3. The van der Waals surface area contributed by atoms with Crippen LogP contribution < -0.4 is 5.32 Å². The Balaban J connectivity index is 1.79. The van der Waals surface area contributed by atoms with Crippen LogP contribution in [0.2, 0.25) is 0 Å². The zero-order valence-corrected chi connectivity index (χ0v) is 14.6. The van der Waals surface area contributed by atoms with Gasteiger partial charge in [-0.1, -0.05) is 13.8 Å². The first kappa shape index (κ1) is 17.4. The van der Waals surface area contributed by atoms with E-state index in [1.165, 1.54) is 19.0 Å². The van der Waals surface area contributed by atoms with E-state index >= 15 is 0 Å². The Morgan fingerprint density at radius 1 is 1.39 bits per heavy atom. The molecule has 0 aromatic carbocycles. The molecule has 0 spiro atoms. The summed E-state index contributed by atoms with van der Waals surface area (Å²) in [6, 6.07) is -1.09. The first-order valence-electron chi connectivity index (χ1n) is 7.56. The molecule has 0 bridgehead atoms. The number of urea groups is 1. The van der Waals surface area contributed by atoms with Crippen LogP contribution >= 0.6 is 11.3 Å². The summed E-state index contributed by atoms with van der Waals surface area (Å²) in [4.78, 5) is 42.4. The minimum absolute atomic E-state index is 0.0142. The molecule has 2 rings (SSSR count). The van der Waals surface area contributed by atoms with Crippen LogP contribution in [0, 0.1) is 0 Å². The van der Waals surface area contributed by atoms with Crippen molar-refractivity contribution in [1.82, 2.24) is 20.1 Å². The lowest BCUT2D eigenvalue weighted by atomic mass is 10.2. The second-order valence-electron chi connectivity index (χ2n) is 5.94. The van der Waals surface area contributed by atoms with Gasteiger partial charge in [0.05, 0.1) is 17.1 Å². The molecule has 0 aliphatic carbocycles. The maximum absolute atomic E-state index is 12.0. The Kier molecular flexibility index (Phi) is 5.35. The van der Waals surface area contributed by atoms with E-state index in [0.29, 0.717) is 18.9 Å². The predicted molar refractivity (Wildman–Crippen MR) is 87.3 cm³/mol. The Morgan fingerprint density at radius 3 is 2.61 bits per heavy atom. The van der Waals surface area contributed by atoms with Crippen LogP contribution in [0.25, 0.3) is 0 Å². The lowest BCUT2D eigenvalue weighted by Crippen LogP contribution is -2.37. The largest absolute Gasteiger partial charge is 0.356 e. The molecule has 1 atom stereocenters. The minimum atomic E-state index is -0.709. The maximum Gasteiger partial charge on any atom is 0.326 e. The molecule has 126 valence electrons. The van der Waals surface area contributed by atoms with Crippen molar-refractivity contribution in [1.29, 1.82) is 0 Å². The van der Waals surface area contributed by atoms with Gasteiger partial charge in [-0.15, -0.1) is 11.3 Å². The second-order valence-corrected chi connectivity index (χ2v) is 6.83. The maximum atomic E-state index is 12.0. The van der Waals surface area contributed by atoms with Crippen molar-refractivity contribution >= 4 is 29.2 Å². The summed E-state index contributed by atoms with van der Waals surface area (Å²) in [6.45, 7) is 4.66. The first-order valence-corrected chi connectivity index (χ1v) is 8.44. The topological polar surface area (TPSA) is 82.6 Å². The molecular formula is C15H22N4O3S. The van der Waals surface area contributed by atoms with Gasteiger partial charge in [-0.2, -0.15) is 0 Å². The molecule has 1 N–H and O–H groups in total. The lowest BCUT2D eigenvalue weighted by Gasteiger charge is -2.15. The molecular weight excluding hydrogens is 316 g/mol. The lowest BCUT2D eigenvalue weighted by molar-refractivity contribution is -0.131. The van der Waals surface area contributed by atoms with Crippen LogP contribution in [0.3, 0.4) is 0 Å². The van der Waals surface area contributed by atoms with Crippen molar-refractivity contribution in [2.75, 3.05) is 20.6 Å². The first-order chi connectivity index (χ1) is 10.8. The number of hydrogen-bond acceptors (Lipinski definition) is 5. The molecule has 1 saturated heterocycles. The number of imide groups is 1. The van der Waals surface area contributed by atoms with Gasteiger partial charge in [0.2, 0.25) is 5.91 Å². The summed E-state index contributed by atoms with van der Waals surface area (Å²) in [5.41, 5.74) is 0.961.